The summed E-state index contributed by atoms with van der Waals surface area (Å²) in [6, 6.07) is 138. The van der Waals surface area contributed by atoms with Gasteiger partial charge in [0.1, 0.15) is 84.6 Å². The van der Waals surface area contributed by atoms with E-state index in [1.165, 1.54) is 246 Å². The van der Waals surface area contributed by atoms with Crippen molar-refractivity contribution in [1.29, 1.82) is 0 Å². The van der Waals surface area contributed by atoms with Gasteiger partial charge in [0.25, 0.3) is 68.3 Å². The number of fused-ring (bicyclic) bond motifs is 4. The fourth-order valence-corrected chi connectivity index (χ4v) is 21.0. The third-order valence-corrected chi connectivity index (χ3v) is 29.8. The van der Waals surface area contributed by atoms with Gasteiger partial charge in [-0.1, -0.05) is 150 Å². The number of aromatic nitrogens is 12. The fraction of sp³-hybridized carbons (Fsp3) is 0.176. The molecule has 148 heavy (non-hydrogen) atoms. The van der Waals surface area contributed by atoms with Gasteiger partial charge in [-0.3, -0.25) is 0 Å². The summed E-state index contributed by atoms with van der Waals surface area (Å²) < 4.78 is 27.0. The molecule has 10 aromatic carbocycles. The van der Waals surface area contributed by atoms with E-state index in [2.05, 4.69) is 635 Å². The van der Waals surface area contributed by atoms with E-state index in [0.29, 0.717) is 0 Å². The van der Waals surface area contributed by atoms with Crippen molar-refractivity contribution in [2.75, 3.05) is 0 Å². The predicted octanol–water partition coefficient (Wildman–Crippen LogP) is 24.3. The Kier molecular flexibility index (Phi) is 31.3. The van der Waals surface area contributed by atoms with Gasteiger partial charge in [-0.15, -0.1) is 0 Å². The second-order valence-corrected chi connectivity index (χ2v) is 39.7. The number of hydrogen-bond acceptors (Lipinski definition) is 0. The van der Waals surface area contributed by atoms with E-state index in [1.807, 2.05) is 0 Å². The molecule has 12 heteroatoms. The maximum Gasteiger partial charge on any atom is 0.277 e. The number of para-hydroxylation sites is 2. The van der Waals surface area contributed by atoms with Crippen LogP contribution in [0.4, 0.5) is 0 Å². The molecule has 0 N–H and O–H groups in total. The van der Waals surface area contributed by atoms with Crippen molar-refractivity contribution in [3.05, 3.63) is 480 Å². The van der Waals surface area contributed by atoms with E-state index in [1.54, 1.807) is 0 Å². The van der Waals surface area contributed by atoms with Crippen molar-refractivity contribution in [2.24, 2.45) is 84.6 Å². The third-order valence-electron chi connectivity index (χ3n) is 29.8. The Bertz CT molecular complexity index is 8510. The molecule has 0 bridgehead atoms. The molecule has 12 heterocycles. The molecule has 0 aliphatic rings. The SMILES string of the molecule is Cc1cc(C)c(C)c(-c2cccc(-c3cc4ccccc4c[n+]3C)[n+]2C)c1.Cc1cc(C)c(C)c(-c2cccc(-c3ccc4ccccc4[n+]3C)[n+]2C)c1.Cc1cc(C)c(C)c(-c2cccc(-c3cccc[n+]3C)[n+]2C)c1.Cc1ccccc1-c1cccc(-c2cc3ccccc3c[n+]2C)[n+]1C.Cc1ccccc1-c1cccc(-c2ccc3ccccc3[n+]2C)[n+]1C.Cc1ccccc1-c1cccc(-c2cccc[n+]2C)[n+]1C. The standard InChI is InChI=1S/2C25H26N2.2C23H22N2.C21H24N2.C19H20N2/c1-17-13-18(2)19(3)22(14-17)23-11-8-12-24(27(23)5)25-15-20-9-6-7-10-21(20)16-26(25)4;1-17-15-18(2)19(3)21(16-17)23-11-8-12-24(27(23)5)25-14-13-20-9-6-7-10-22(20)26(25)4;1-17-9-4-7-12-20(17)21-13-8-14-22(25(21)3)23-15-18-10-5-6-11-19(18)16-24(23)2;1-17-9-4-6-11-19(17)21-13-8-14-22(25(21)3)23-16-15-18-10-5-7-12-20(18)24(23)2;1-15-13-16(2)17(3)18(14-15)19-10-8-11-21(23(19)5)20-9-6-7-12-22(20)4;1-15-9-4-5-10-16(15)17-12-8-13-19(21(17)3)18-11-6-7-14-20(18)2/h2*6-16H,1-5H3;2*4-16H,1-3H3;6-14H,1-5H3;4-14H,1-3H3/q6*+2. The van der Waals surface area contributed by atoms with Crippen LogP contribution in [0.1, 0.15) is 66.8 Å². The van der Waals surface area contributed by atoms with Crippen LogP contribution in [-0.2, 0) is 84.6 Å². The first kappa shape index (κ1) is 102. The second kappa shape index (κ2) is 45.1. The summed E-state index contributed by atoms with van der Waals surface area (Å²) in [5, 5.41) is 7.55. The monoisotopic (exact) mass is 1940 g/mol. The van der Waals surface area contributed by atoms with Crippen LogP contribution in [0.5, 0.6) is 0 Å². The Morgan fingerprint density at radius 1 is 0.135 bits per heavy atom. The molecule has 0 saturated heterocycles. The molecule has 22 aromatic rings. The van der Waals surface area contributed by atoms with Gasteiger partial charge in [0, 0.05) is 188 Å². The van der Waals surface area contributed by atoms with Crippen LogP contribution in [0.2, 0.25) is 0 Å². The van der Waals surface area contributed by atoms with Crippen LogP contribution in [0.3, 0.4) is 0 Å². The summed E-state index contributed by atoms with van der Waals surface area (Å²) >= 11 is 0. The van der Waals surface area contributed by atoms with Crippen molar-refractivity contribution in [3.8, 4) is 136 Å². The van der Waals surface area contributed by atoms with Crippen LogP contribution in [0, 0.1) is 83.1 Å². The molecule has 0 spiro atoms. The molecule has 0 radical (unpaired) electrons. The summed E-state index contributed by atoms with van der Waals surface area (Å²) in [5.74, 6) is 0. The van der Waals surface area contributed by atoms with Crippen molar-refractivity contribution >= 4 is 43.4 Å². The van der Waals surface area contributed by atoms with Gasteiger partial charge in [0.15, 0.2) is 24.8 Å². The number of nitrogens with zero attached hydrogens (tertiary/aromatic N) is 12. The highest BCUT2D eigenvalue weighted by molar-refractivity contribution is 5.85. The number of aryl methyl sites for hydroxylation is 15. The van der Waals surface area contributed by atoms with E-state index < -0.39 is 0 Å². The summed E-state index contributed by atoms with van der Waals surface area (Å²) in [6.45, 7) is 26.2. The normalized spacial score (nSPS) is 11.0. The van der Waals surface area contributed by atoms with Crippen LogP contribution in [-0.4, -0.2) is 0 Å². The Hall–Kier alpha value is -17.0. The van der Waals surface area contributed by atoms with Gasteiger partial charge in [-0.2, -0.15) is 54.8 Å². The highest BCUT2D eigenvalue weighted by Gasteiger charge is 2.33. The first-order chi connectivity index (χ1) is 71.4. The highest BCUT2D eigenvalue weighted by Crippen LogP contribution is 2.34. The lowest BCUT2D eigenvalue weighted by Crippen LogP contribution is -2.40. The zero-order valence-corrected chi connectivity index (χ0v) is 90.6. The molecular weight excluding hydrogens is 1800 g/mol. The molecule has 732 valence electrons. The molecule has 0 fully saturated rings. The van der Waals surface area contributed by atoms with E-state index in [0.717, 1.165) is 0 Å². The van der Waals surface area contributed by atoms with Gasteiger partial charge >= 0.3 is 0 Å². The maximum atomic E-state index is 2.31. The van der Waals surface area contributed by atoms with Gasteiger partial charge < -0.3 is 0 Å². The summed E-state index contributed by atoms with van der Waals surface area (Å²) in [6.07, 6.45) is 8.57. The molecule has 12 aromatic heterocycles. The number of rotatable bonds is 12. The van der Waals surface area contributed by atoms with Gasteiger partial charge in [0.2, 0.25) is 45.2 Å². The number of hydrogen-bond donors (Lipinski definition) is 0. The molecule has 22 rings (SSSR count). The second-order valence-electron chi connectivity index (χ2n) is 39.7. The number of benzene rings is 10. The van der Waals surface area contributed by atoms with Gasteiger partial charge in [-0.25, -0.2) is 0 Å². The fourth-order valence-electron chi connectivity index (χ4n) is 21.0. The summed E-state index contributed by atoms with van der Waals surface area (Å²) in [4.78, 5) is 0. The third kappa shape index (κ3) is 21.7. The average Bonchev–Trinajstić information content (AvgIpc) is 0.780. The Morgan fingerprint density at radius 3 is 0.649 bits per heavy atom. The van der Waals surface area contributed by atoms with Crippen LogP contribution in [0.25, 0.3) is 179 Å². The summed E-state index contributed by atoms with van der Waals surface area (Å²) in [7, 11) is 25.6. The molecule has 0 aliphatic carbocycles. The molecule has 0 unspecified atom stereocenters. The Labute approximate surface area is 875 Å². The van der Waals surface area contributed by atoms with E-state index >= 15 is 0 Å². The Morgan fingerprint density at radius 2 is 0.358 bits per heavy atom. The van der Waals surface area contributed by atoms with Gasteiger partial charge in [0.05, 0.1) is 0 Å². The quantitative estimate of drug-likeness (QED) is 0.109. The minimum absolute atomic E-state index is 1.20. The molecular formula is C136H140N12+12. The molecule has 0 atom stereocenters. The highest BCUT2D eigenvalue weighted by atomic mass is 15.1. The van der Waals surface area contributed by atoms with Crippen molar-refractivity contribution in [2.45, 2.75) is 83.1 Å². The van der Waals surface area contributed by atoms with Gasteiger partial charge in [-0.05, 0) is 265 Å². The predicted molar refractivity (Wildman–Crippen MR) is 605 cm³/mol. The molecule has 0 saturated carbocycles. The largest absolute Gasteiger partial charge is 0.277 e. The number of pyridine rings is 12. The maximum absolute atomic E-state index is 2.31. The van der Waals surface area contributed by atoms with Crippen LogP contribution < -0.4 is 54.8 Å². The zero-order chi connectivity index (χ0) is 104. The minimum Gasteiger partial charge on any atom is -0.196 e. The van der Waals surface area contributed by atoms with Crippen molar-refractivity contribution < 1.29 is 54.8 Å². The zero-order valence-electron chi connectivity index (χ0n) is 90.6. The first-order valence-electron chi connectivity index (χ1n) is 51.2. The lowest BCUT2D eigenvalue weighted by molar-refractivity contribution is -0.685. The lowest BCUT2D eigenvalue weighted by Gasteiger charge is -2.10. The molecule has 0 amide bonds. The minimum atomic E-state index is 1.20. The average molecular weight is 1940 g/mol. The molecule has 12 nitrogen and oxygen atoms in total. The van der Waals surface area contributed by atoms with E-state index in [-0.39, 0.29) is 0 Å². The topological polar surface area (TPSA) is 46.6 Å². The smallest absolute Gasteiger partial charge is 0.196 e. The van der Waals surface area contributed by atoms with E-state index in [9.17, 15) is 0 Å². The lowest BCUT2D eigenvalue weighted by atomic mass is 9.97. The van der Waals surface area contributed by atoms with Crippen molar-refractivity contribution in [3.63, 3.8) is 0 Å². The van der Waals surface area contributed by atoms with Crippen LogP contribution >= 0.6 is 0 Å². The van der Waals surface area contributed by atoms with Crippen molar-refractivity contribution in [1.82, 2.24) is 0 Å². The Balaban J connectivity index is 0.000000121. The first-order valence-corrected chi connectivity index (χ1v) is 51.2. The molecule has 0 aliphatic heterocycles. The van der Waals surface area contributed by atoms with E-state index in [4.69, 9.17) is 0 Å². The van der Waals surface area contributed by atoms with Crippen LogP contribution in [0.15, 0.2) is 413 Å². The summed E-state index contributed by atoms with van der Waals surface area (Å²) in [5.41, 5.74) is 47.9.